The number of Topliss-reactive ketones (excluding diaryl/α,β-unsaturated/α-hetero) is 1. The smallest absolute Gasteiger partial charge is 0.273 e. The number of halogens is 1. The molecular formula is C35H27ClN2O4. The number of nitrogens with zero attached hydrogens (tertiary/aromatic N) is 2. The second kappa shape index (κ2) is 9.78. The van der Waals surface area contributed by atoms with Gasteiger partial charge in [0.05, 0.1) is 11.8 Å². The van der Waals surface area contributed by atoms with Crippen LogP contribution in [-0.4, -0.2) is 40.1 Å². The molecule has 4 aromatic carbocycles. The zero-order valence-corrected chi connectivity index (χ0v) is 23.8. The van der Waals surface area contributed by atoms with Gasteiger partial charge in [0, 0.05) is 28.0 Å². The largest absolute Gasteiger partial charge is 0.292 e. The highest BCUT2D eigenvalue weighted by atomic mass is 35.5. The average Bonchev–Trinajstić information content (AvgIpc) is 3.27. The van der Waals surface area contributed by atoms with Gasteiger partial charge in [-0.15, -0.1) is 0 Å². The van der Waals surface area contributed by atoms with Crippen LogP contribution in [0.4, 0.5) is 0 Å². The van der Waals surface area contributed by atoms with Crippen molar-refractivity contribution in [1.82, 2.24) is 10.0 Å². The van der Waals surface area contributed by atoms with Crippen LogP contribution in [0, 0.1) is 25.7 Å². The van der Waals surface area contributed by atoms with Gasteiger partial charge in [0.15, 0.2) is 5.78 Å². The Morgan fingerprint density at radius 2 is 1.17 bits per heavy atom. The summed E-state index contributed by atoms with van der Waals surface area (Å²) >= 11 is 6.07. The van der Waals surface area contributed by atoms with Crippen molar-refractivity contribution in [3.8, 4) is 0 Å². The van der Waals surface area contributed by atoms with Gasteiger partial charge in [-0.1, -0.05) is 72.3 Å². The molecule has 0 radical (unpaired) electrons. The number of carbonyl (C=O) groups is 4. The lowest BCUT2D eigenvalue weighted by Crippen LogP contribution is -2.52. The molecule has 6 nitrogen and oxygen atoms in total. The lowest BCUT2D eigenvalue weighted by molar-refractivity contribution is -0.154. The van der Waals surface area contributed by atoms with Crippen molar-refractivity contribution in [2.24, 2.45) is 11.8 Å². The van der Waals surface area contributed by atoms with Crippen molar-refractivity contribution < 1.29 is 19.2 Å². The van der Waals surface area contributed by atoms with E-state index in [1.54, 1.807) is 24.3 Å². The number of imide groups is 1. The first-order chi connectivity index (χ1) is 20.3. The highest BCUT2D eigenvalue weighted by molar-refractivity contribution is 6.30. The molecule has 0 aromatic heterocycles. The van der Waals surface area contributed by atoms with Crippen molar-refractivity contribution in [1.29, 1.82) is 0 Å². The fraction of sp³-hybridized carbons (Fsp3) is 0.200. The van der Waals surface area contributed by atoms with Crippen LogP contribution in [0.3, 0.4) is 0 Å². The Hall–Kier alpha value is -4.55. The number of hydrogen-bond donors (Lipinski definition) is 0. The van der Waals surface area contributed by atoms with Gasteiger partial charge in [0.1, 0.15) is 6.54 Å². The molecule has 208 valence electrons. The van der Waals surface area contributed by atoms with Gasteiger partial charge in [-0.2, -0.15) is 5.01 Å². The number of benzene rings is 4. The van der Waals surface area contributed by atoms with E-state index < -0.39 is 36.1 Å². The van der Waals surface area contributed by atoms with E-state index in [1.807, 2.05) is 68.4 Å². The Kier molecular flexibility index (Phi) is 6.13. The summed E-state index contributed by atoms with van der Waals surface area (Å²) in [7, 11) is 0. The Labute approximate surface area is 248 Å². The fourth-order valence-corrected chi connectivity index (χ4v) is 7.14. The minimum Gasteiger partial charge on any atom is -0.292 e. The summed E-state index contributed by atoms with van der Waals surface area (Å²) in [5.74, 6) is -3.90. The van der Waals surface area contributed by atoms with Crippen molar-refractivity contribution in [3.05, 3.63) is 141 Å². The zero-order chi connectivity index (χ0) is 29.3. The fourth-order valence-electron chi connectivity index (χ4n) is 7.02. The molecule has 0 spiro atoms. The number of rotatable bonds is 5. The zero-order valence-electron chi connectivity index (χ0n) is 23.1. The highest BCUT2D eigenvalue weighted by Crippen LogP contribution is 2.61. The Balaban J connectivity index is 1.33. The lowest BCUT2D eigenvalue weighted by Gasteiger charge is -2.45. The maximum Gasteiger partial charge on any atom is 0.273 e. The summed E-state index contributed by atoms with van der Waals surface area (Å²) in [5.41, 5.74) is 6.73. The summed E-state index contributed by atoms with van der Waals surface area (Å²) in [6, 6.07) is 27.4. The molecule has 0 unspecified atom stereocenters. The molecule has 1 heterocycles. The molecule has 0 saturated carbocycles. The number of ketones is 1. The van der Waals surface area contributed by atoms with Crippen molar-refractivity contribution in [2.75, 3.05) is 6.54 Å². The van der Waals surface area contributed by atoms with Crippen LogP contribution in [0.15, 0.2) is 91.0 Å². The summed E-state index contributed by atoms with van der Waals surface area (Å²) in [5, 5.41) is 2.44. The highest BCUT2D eigenvalue weighted by Gasteiger charge is 2.63. The van der Waals surface area contributed by atoms with Crippen LogP contribution in [0.5, 0.6) is 0 Å². The monoisotopic (exact) mass is 574 g/mol. The lowest BCUT2D eigenvalue weighted by atomic mass is 9.55. The van der Waals surface area contributed by atoms with Crippen LogP contribution in [0.2, 0.25) is 5.02 Å². The third-order valence-corrected chi connectivity index (χ3v) is 9.37. The Bertz CT molecular complexity index is 1700. The molecule has 3 aliphatic carbocycles. The van der Waals surface area contributed by atoms with E-state index in [0.717, 1.165) is 43.4 Å². The summed E-state index contributed by atoms with van der Waals surface area (Å²) in [6.45, 7) is 3.40. The Morgan fingerprint density at radius 3 is 1.64 bits per heavy atom. The van der Waals surface area contributed by atoms with Gasteiger partial charge in [0.25, 0.3) is 17.7 Å². The number of hydrogen-bond acceptors (Lipinski definition) is 4. The van der Waals surface area contributed by atoms with Crippen LogP contribution in [0.1, 0.15) is 65.9 Å². The molecule has 7 heteroatoms. The maximum atomic E-state index is 14.4. The second-order valence-corrected chi connectivity index (χ2v) is 11.8. The molecule has 0 N–H and O–H groups in total. The molecule has 42 heavy (non-hydrogen) atoms. The molecule has 1 aliphatic heterocycles. The van der Waals surface area contributed by atoms with Crippen molar-refractivity contribution >= 4 is 35.1 Å². The molecule has 2 atom stereocenters. The minimum absolute atomic E-state index is 0.220. The summed E-state index contributed by atoms with van der Waals surface area (Å²) in [4.78, 5) is 56.4. The quantitative estimate of drug-likeness (QED) is 0.214. The van der Waals surface area contributed by atoms with E-state index in [4.69, 9.17) is 11.6 Å². The van der Waals surface area contributed by atoms with Crippen LogP contribution < -0.4 is 0 Å². The van der Waals surface area contributed by atoms with E-state index >= 15 is 0 Å². The first kappa shape index (κ1) is 26.4. The van der Waals surface area contributed by atoms with Crippen LogP contribution in [0.25, 0.3) is 0 Å². The van der Waals surface area contributed by atoms with Gasteiger partial charge in [-0.3, -0.25) is 19.2 Å². The van der Waals surface area contributed by atoms with Crippen molar-refractivity contribution in [3.63, 3.8) is 0 Å². The minimum atomic E-state index is -0.676. The van der Waals surface area contributed by atoms with Crippen LogP contribution >= 0.6 is 11.6 Å². The SMILES string of the molecule is Cc1ccc(C(=O)CN(C(=O)c2ccc(Cl)cc2)N2C(=O)[C@@H]3C4c5ccccc5C(c5ccccc54)[C@H]3C2=O)cc1C. The van der Waals surface area contributed by atoms with Gasteiger partial charge in [-0.05, 0) is 77.6 Å². The molecular weight excluding hydrogens is 548 g/mol. The maximum absolute atomic E-state index is 14.4. The topological polar surface area (TPSA) is 74.8 Å². The van der Waals surface area contributed by atoms with Crippen molar-refractivity contribution in [2.45, 2.75) is 25.7 Å². The molecule has 4 aliphatic rings. The third kappa shape index (κ3) is 3.86. The van der Waals surface area contributed by atoms with E-state index in [0.29, 0.717) is 10.6 Å². The summed E-state index contributed by atoms with van der Waals surface area (Å²) < 4.78 is 0. The standard InChI is InChI=1S/C35H27ClN2O4/c1-19-11-12-22(17-20(19)2)28(39)18-37(33(40)21-13-15-23(36)16-14-21)38-34(41)31-29-24-7-3-4-8-25(24)30(32(31)35(38)42)27-10-6-5-9-26(27)29/h3-17,29-32H,18H2,1-2H3/t29?,30?,31-,32-/m1/s1. The normalized spacial score (nSPS) is 21.5. The predicted molar refractivity (Wildman–Crippen MR) is 158 cm³/mol. The molecule has 3 amide bonds. The molecule has 4 aromatic rings. The summed E-state index contributed by atoms with van der Waals surface area (Å²) in [6.07, 6.45) is 0. The van der Waals surface area contributed by atoms with E-state index in [1.165, 1.54) is 12.1 Å². The number of carbonyl (C=O) groups excluding carboxylic acids is 4. The second-order valence-electron chi connectivity index (χ2n) is 11.3. The van der Waals surface area contributed by atoms with Gasteiger partial charge < -0.3 is 0 Å². The number of aryl methyl sites for hydroxylation is 2. The Morgan fingerprint density at radius 1 is 0.690 bits per heavy atom. The van der Waals surface area contributed by atoms with Gasteiger partial charge >= 0.3 is 0 Å². The molecule has 1 fully saturated rings. The van der Waals surface area contributed by atoms with Crippen LogP contribution in [-0.2, 0) is 9.59 Å². The predicted octanol–water partition coefficient (Wildman–Crippen LogP) is 6.09. The average molecular weight is 575 g/mol. The van der Waals surface area contributed by atoms with Gasteiger partial charge in [-0.25, -0.2) is 5.01 Å². The first-order valence-electron chi connectivity index (χ1n) is 14.0. The van der Waals surface area contributed by atoms with E-state index in [-0.39, 0.29) is 23.2 Å². The van der Waals surface area contributed by atoms with E-state index in [9.17, 15) is 19.2 Å². The molecule has 2 bridgehead atoms. The first-order valence-corrected chi connectivity index (χ1v) is 14.4. The van der Waals surface area contributed by atoms with Gasteiger partial charge in [0.2, 0.25) is 0 Å². The number of hydrazine groups is 1. The molecule has 8 rings (SSSR count). The third-order valence-electron chi connectivity index (χ3n) is 9.11. The van der Waals surface area contributed by atoms with E-state index in [2.05, 4.69) is 0 Å². The number of amides is 3. The molecule has 1 saturated heterocycles.